The van der Waals surface area contributed by atoms with Crippen molar-refractivity contribution in [1.29, 1.82) is 0 Å². The van der Waals surface area contributed by atoms with Gasteiger partial charge in [0.1, 0.15) is 11.6 Å². The Kier molecular flexibility index (Phi) is 2.49. The summed E-state index contributed by atoms with van der Waals surface area (Å²) in [7, 11) is 0. The lowest BCUT2D eigenvalue weighted by molar-refractivity contribution is 0.475. The molecule has 0 aliphatic carbocycles. The zero-order chi connectivity index (χ0) is 12.5. The van der Waals surface area contributed by atoms with Crippen molar-refractivity contribution in [3.63, 3.8) is 0 Å². The molecule has 0 unspecified atom stereocenters. The molecule has 0 radical (unpaired) electrons. The fourth-order valence-corrected chi connectivity index (χ4v) is 2.16. The Morgan fingerprint density at radius 2 is 1.39 bits per heavy atom. The Labute approximate surface area is 104 Å². The van der Waals surface area contributed by atoms with Crippen LogP contribution in [0.3, 0.4) is 0 Å². The van der Waals surface area contributed by atoms with Crippen LogP contribution in [0, 0.1) is 5.82 Å². The molecule has 0 atom stereocenters. The van der Waals surface area contributed by atoms with Gasteiger partial charge < -0.3 is 5.11 Å². The minimum atomic E-state index is -0.215. The van der Waals surface area contributed by atoms with Crippen LogP contribution in [0.5, 0.6) is 5.75 Å². The van der Waals surface area contributed by atoms with E-state index >= 15 is 0 Å². The number of fused-ring (bicyclic) bond motifs is 1. The molecule has 1 nitrogen and oxygen atoms in total. The molecule has 0 fully saturated rings. The molecule has 0 spiro atoms. The number of halogens is 1. The van der Waals surface area contributed by atoms with Crippen LogP contribution in [-0.2, 0) is 0 Å². The summed E-state index contributed by atoms with van der Waals surface area (Å²) in [4.78, 5) is 0. The van der Waals surface area contributed by atoms with Crippen LogP contribution in [0.1, 0.15) is 0 Å². The number of hydrogen-bond acceptors (Lipinski definition) is 1. The highest BCUT2D eigenvalue weighted by molar-refractivity contribution is 5.96. The monoisotopic (exact) mass is 238 g/mol. The smallest absolute Gasteiger partial charge is 0.131 e. The van der Waals surface area contributed by atoms with Gasteiger partial charge in [-0.05, 0) is 34.7 Å². The molecule has 0 aliphatic rings. The Morgan fingerprint density at radius 3 is 2.11 bits per heavy atom. The van der Waals surface area contributed by atoms with E-state index in [1.54, 1.807) is 24.3 Å². The summed E-state index contributed by atoms with van der Waals surface area (Å²) in [6.45, 7) is 0. The standard InChI is InChI=1S/C16H11FO/c17-16-10-9-13(11-5-7-12(18)8-6-11)14-3-1-2-4-15(14)16/h1-10,18H. The summed E-state index contributed by atoms with van der Waals surface area (Å²) < 4.78 is 13.7. The topological polar surface area (TPSA) is 20.2 Å². The van der Waals surface area contributed by atoms with E-state index in [9.17, 15) is 9.50 Å². The zero-order valence-corrected chi connectivity index (χ0v) is 9.60. The normalized spacial score (nSPS) is 10.7. The predicted molar refractivity (Wildman–Crippen MR) is 71.0 cm³/mol. The molecule has 0 aliphatic heterocycles. The van der Waals surface area contributed by atoms with Crippen LogP contribution in [0.25, 0.3) is 21.9 Å². The number of benzene rings is 3. The van der Waals surface area contributed by atoms with Gasteiger partial charge in [0.05, 0.1) is 0 Å². The molecule has 0 saturated carbocycles. The zero-order valence-electron chi connectivity index (χ0n) is 9.60. The predicted octanol–water partition coefficient (Wildman–Crippen LogP) is 4.35. The van der Waals surface area contributed by atoms with Crippen LogP contribution < -0.4 is 0 Å². The second-order valence-electron chi connectivity index (χ2n) is 4.19. The SMILES string of the molecule is Oc1ccc(-c2ccc(F)c3ccccc23)cc1. The van der Waals surface area contributed by atoms with Gasteiger partial charge in [0.25, 0.3) is 0 Å². The van der Waals surface area contributed by atoms with Crippen LogP contribution >= 0.6 is 0 Å². The van der Waals surface area contributed by atoms with Gasteiger partial charge in [-0.1, -0.05) is 42.5 Å². The second kappa shape index (κ2) is 4.15. The highest BCUT2D eigenvalue weighted by atomic mass is 19.1. The number of hydrogen-bond donors (Lipinski definition) is 1. The Hall–Kier alpha value is -2.35. The summed E-state index contributed by atoms with van der Waals surface area (Å²) in [6, 6.07) is 17.6. The summed E-state index contributed by atoms with van der Waals surface area (Å²) in [5.74, 6) is 0.0123. The van der Waals surface area contributed by atoms with Gasteiger partial charge in [0, 0.05) is 5.39 Å². The fraction of sp³-hybridized carbons (Fsp3) is 0. The molecule has 0 amide bonds. The number of aromatic hydroxyl groups is 1. The van der Waals surface area contributed by atoms with Crippen molar-refractivity contribution in [2.24, 2.45) is 0 Å². The minimum Gasteiger partial charge on any atom is -0.508 e. The van der Waals surface area contributed by atoms with E-state index in [0.29, 0.717) is 5.39 Å². The third-order valence-electron chi connectivity index (χ3n) is 3.05. The minimum absolute atomic E-state index is 0.215. The highest BCUT2D eigenvalue weighted by Crippen LogP contribution is 2.30. The summed E-state index contributed by atoms with van der Waals surface area (Å²) in [5.41, 5.74) is 1.93. The fourth-order valence-electron chi connectivity index (χ4n) is 2.16. The van der Waals surface area contributed by atoms with E-state index in [1.165, 1.54) is 6.07 Å². The first kappa shape index (κ1) is 10.8. The van der Waals surface area contributed by atoms with Gasteiger partial charge in [-0.2, -0.15) is 0 Å². The lowest BCUT2D eigenvalue weighted by atomic mass is 9.98. The number of rotatable bonds is 1. The van der Waals surface area contributed by atoms with Crippen LogP contribution in [0.15, 0.2) is 60.7 Å². The second-order valence-corrected chi connectivity index (χ2v) is 4.19. The van der Waals surface area contributed by atoms with Gasteiger partial charge in [-0.15, -0.1) is 0 Å². The first-order chi connectivity index (χ1) is 8.75. The molecule has 0 bridgehead atoms. The van der Waals surface area contributed by atoms with Gasteiger partial charge in [0.2, 0.25) is 0 Å². The lowest BCUT2D eigenvalue weighted by Gasteiger charge is -2.07. The largest absolute Gasteiger partial charge is 0.508 e. The molecular formula is C16H11FO. The van der Waals surface area contributed by atoms with E-state index in [1.807, 2.05) is 30.3 Å². The van der Waals surface area contributed by atoms with Crippen molar-refractivity contribution in [3.05, 3.63) is 66.5 Å². The number of phenolic OH excluding ortho intramolecular Hbond substituents is 1. The van der Waals surface area contributed by atoms with Crippen molar-refractivity contribution in [3.8, 4) is 16.9 Å². The molecule has 3 aromatic carbocycles. The molecule has 0 aromatic heterocycles. The molecule has 0 saturated heterocycles. The van der Waals surface area contributed by atoms with E-state index in [0.717, 1.165) is 16.5 Å². The van der Waals surface area contributed by atoms with Gasteiger partial charge in [-0.25, -0.2) is 4.39 Å². The van der Waals surface area contributed by atoms with Crippen molar-refractivity contribution < 1.29 is 9.50 Å². The van der Waals surface area contributed by atoms with Crippen molar-refractivity contribution in [2.75, 3.05) is 0 Å². The molecule has 1 N–H and O–H groups in total. The molecule has 2 heteroatoms. The highest BCUT2D eigenvalue weighted by Gasteiger charge is 2.06. The quantitative estimate of drug-likeness (QED) is 0.668. The summed E-state index contributed by atoms with van der Waals surface area (Å²) >= 11 is 0. The molecular weight excluding hydrogens is 227 g/mol. The van der Waals surface area contributed by atoms with Crippen molar-refractivity contribution >= 4 is 10.8 Å². The maximum atomic E-state index is 13.7. The van der Waals surface area contributed by atoms with E-state index in [4.69, 9.17) is 0 Å². The molecule has 88 valence electrons. The van der Waals surface area contributed by atoms with Crippen molar-refractivity contribution in [1.82, 2.24) is 0 Å². The van der Waals surface area contributed by atoms with Crippen molar-refractivity contribution in [2.45, 2.75) is 0 Å². The third kappa shape index (κ3) is 1.72. The Morgan fingerprint density at radius 1 is 0.722 bits per heavy atom. The van der Waals surface area contributed by atoms with Crippen LogP contribution in [-0.4, -0.2) is 5.11 Å². The first-order valence-corrected chi connectivity index (χ1v) is 5.72. The van der Waals surface area contributed by atoms with Crippen LogP contribution in [0.2, 0.25) is 0 Å². The third-order valence-corrected chi connectivity index (χ3v) is 3.05. The van der Waals surface area contributed by atoms with Crippen LogP contribution in [0.4, 0.5) is 4.39 Å². The summed E-state index contributed by atoms with van der Waals surface area (Å²) in [5, 5.41) is 10.8. The summed E-state index contributed by atoms with van der Waals surface area (Å²) in [6.07, 6.45) is 0. The van der Waals surface area contributed by atoms with E-state index in [-0.39, 0.29) is 11.6 Å². The lowest BCUT2D eigenvalue weighted by Crippen LogP contribution is -1.84. The average molecular weight is 238 g/mol. The first-order valence-electron chi connectivity index (χ1n) is 5.72. The van der Waals surface area contributed by atoms with Gasteiger partial charge in [-0.3, -0.25) is 0 Å². The maximum Gasteiger partial charge on any atom is 0.131 e. The Balaban J connectivity index is 2.30. The molecule has 3 aromatic rings. The van der Waals surface area contributed by atoms with E-state index in [2.05, 4.69) is 0 Å². The van der Waals surface area contributed by atoms with E-state index < -0.39 is 0 Å². The maximum absolute atomic E-state index is 13.7. The molecule has 3 rings (SSSR count). The molecule has 18 heavy (non-hydrogen) atoms. The average Bonchev–Trinajstić information content (AvgIpc) is 2.41. The van der Waals surface area contributed by atoms with Gasteiger partial charge in [0.15, 0.2) is 0 Å². The van der Waals surface area contributed by atoms with Gasteiger partial charge >= 0.3 is 0 Å². The molecule has 0 heterocycles. The Bertz CT molecular complexity index is 702. The number of phenols is 1.